The van der Waals surface area contributed by atoms with Crippen LogP contribution in [0.4, 0.5) is 5.69 Å². The molecular formula is C24H21N5O3S. The second-order valence-electron chi connectivity index (χ2n) is 7.29. The molecule has 0 spiro atoms. The van der Waals surface area contributed by atoms with E-state index in [2.05, 4.69) is 15.5 Å². The van der Waals surface area contributed by atoms with E-state index in [0.29, 0.717) is 28.0 Å². The molecule has 0 saturated heterocycles. The molecule has 0 saturated carbocycles. The van der Waals surface area contributed by atoms with E-state index in [1.54, 1.807) is 36.4 Å². The average molecular weight is 460 g/mol. The molecule has 1 atom stereocenters. The third-order valence-corrected chi connectivity index (χ3v) is 5.96. The van der Waals surface area contributed by atoms with Crippen LogP contribution in [0.2, 0.25) is 0 Å². The quantitative estimate of drug-likeness (QED) is 0.227. The van der Waals surface area contributed by atoms with Crippen LogP contribution in [0.5, 0.6) is 0 Å². The first-order valence-electron chi connectivity index (χ1n) is 10.3. The van der Waals surface area contributed by atoms with Gasteiger partial charge in [-0.3, -0.25) is 19.5 Å². The van der Waals surface area contributed by atoms with Gasteiger partial charge in [0.15, 0.2) is 11.0 Å². The Labute approximate surface area is 194 Å². The summed E-state index contributed by atoms with van der Waals surface area (Å²) in [6, 6.07) is 24.7. The molecule has 9 heteroatoms. The van der Waals surface area contributed by atoms with Crippen molar-refractivity contribution in [3.8, 4) is 5.69 Å². The van der Waals surface area contributed by atoms with Crippen LogP contribution in [0.15, 0.2) is 90.1 Å². The zero-order valence-corrected chi connectivity index (χ0v) is 18.6. The lowest BCUT2D eigenvalue weighted by atomic mass is 10.2. The van der Waals surface area contributed by atoms with Gasteiger partial charge in [-0.15, -0.1) is 10.2 Å². The summed E-state index contributed by atoms with van der Waals surface area (Å²) in [6.07, 6.45) is 0. The predicted octanol–water partition coefficient (Wildman–Crippen LogP) is 4.96. The van der Waals surface area contributed by atoms with Crippen molar-refractivity contribution in [3.63, 3.8) is 0 Å². The maximum Gasteiger partial charge on any atom is 0.269 e. The summed E-state index contributed by atoms with van der Waals surface area (Å²) >= 11 is 1.50. The molecule has 1 unspecified atom stereocenters. The fourth-order valence-electron chi connectivity index (χ4n) is 3.28. The van der Waals surface area contributed by atoms with Gasteiger partial charge in [0.05, 0.1) is 11.0 Å². The first kappa shape index (κ1) is 22.2. The van der Waals surface area contributed by atoms with Crippen LogP contribution in [-0.4, -0.2) is 25.6 Å². The molecule has 4 aromatic rings. The van der Waals surface area contributed by atoms with Crippen LogP contribution in [0.1, 0.15) is 34.7 Å². The number of thioether (sulfide) groups is 1. The number of carbonyl (C=O) groups is 1. The van der Waals surface area contributed by atoms with Crippen molar-refractivity contribution in [1.29, 1.82) is 0 Å². The van der Waals surface area contributed by atoms with Crippen LogP contribution >= 0.6 is 11.8 Å². The molecule has 0 fully saturated rings. The van der Waals surface area contributed by atoms with Crippen LogP contribution in [0.3, 0.4) is 0 Å². The molecule has 1 N–H and O–H groups in total. The number of rotatable bonds is 8. The van der Waals surface area contributed by atoms with Crippen LogP contribution in [0.25, 0.3) is 5.69 Å². The second kappa shape index (κ2) is 10.1. The van der Waals surface area contributed by atoms with Gasteiger partial charge in [-0.05, 0) is 36.8 Å². The fourth-order valence-corrected chi connectivity index (χ4v) is 4.19. The summed E-state index contributed by atoms with van der Waals surface area (Å²) in [5.41, 5.74) is 2.35. The van der Waals surface area contributed by atoms with Gasteiger partial charge < -0.3 is 5.32 Å². The molecule has 1 amide bonds. The van der Waals surface area contributed by atoms with Gasteiger partial charge in [0.1, 0.15) is 0 Å². The molecule has 8 nitrogen and oxygen atoms in total. The molecule has 0 aliphatic rings. The van der Waals surface area contributed by atoms with E-state index < -0.39 is 11.0 Å². The van der Waals surface area contributed by atoms with E-state index in [9.17, 15) is 14.9 Å². The molecule has 4 rings (SSSR count). The number of benzene rings is 3. The highest BCUT2D eigenvalue weighted by atomic mass is 32.2. The first-order valence-corrected chi connectivity index (χ1v) is 11.2. The number of nitro benzene ring substituents is 1. The lowest BCUT2D eigenvalue weighted by Gasteiger charge is -2.16. The van der Waals surface area contributed by atoms with E-state index in [1.807, 2.05) is 47.9 Å². The SMILES string of the molecule is CC(NC(=O)c1ccccc1)c1nnc(SCc2ccccc2)n1-c1ccc([N+](=O)[O-])cc1. The summed E-state index contributed by atoms with van der Waals surface area (Å²) in [4.78, 5) is 23.3. The summed E-state index contributed by atoms with van der Waals surface area (Å²) in [7, 11) is 0. The topological polar surface area (TPSA) is 103 Å². The van der Waals surface area contributed by atoms with Gasteiger partial charge in [0.2, 0.25) is 0 Å². The molecule has 166 valence electrons. The van der Waals surface area contributed by atoms with Crippen molar-refractivity contribution in [1.82, 2.24) is 20.1 Å². The third-order valence-electron chi connectivity index (χ3n) is 4.96. The van der Waals surface area contributed by atoms with E-state index in [4.69, 9.17) is 0 Å². The van der Waals surface area contributed by atoms with Gasteiger partial charge >= 0.3 is 0 Å². The molecule has 0 radical (unpaired) electrons. The van der Waals surface area contributed by atoms with E-state index >= 15 is 0 Å². The van der Waals surface area contributed by atoms with Crippen LogP contribution in [-0.2, 0) is 5.75 Å². The molecule has 0 aliphatic carbocycles. The fraction of sp³-hybridized carbons (Fsp3) is 0.125. The number of nitrogens with one attached hydrogen (secondary N) is 1. The van der Waals surface area contributed by atoms with Gasteiger partial charge in [0.25, 0.3) is 11.6 Å². The number of carbonyl (C=O) groups excluding carboxylic acids is 1. The zero-order valence-electron chi connectivity index (χ0n) is 17.8. The number of nitro groups is 1. The normalized spacial score (nSPS) is 11.7. The minimum atomic E-state index is -0.452. The number of non-ortho nitro benzene ring substituents is 1. The molecular weight excluding hydrogens is 438 g/mol. The Morgan fingerprint density at radius 3 is 2.27 bits per heavy atom. The van der Waals surface area contributed by atoms with E-state index in [0.717, 1.165) is 5.56 Å². The van der Waals surface area contributed by atoms with Crippen LogP contribution in [0, 0.1) is 10.1 Å². The van der Waals surface area contributed by atoms with Crippen molar-refractivity contribution >= 4 is 23.4 Å². The van der Waals surface area contributed by atoms with Crippen LogP contribution < -0.4 is 5.32 Å². The Hall–Kier alpha value is -3.98. The molecule has 1 heterocycles. The Bertz CT molecular complexity index is 1240. The van der Waals surface area contributed by atoms with Crippen molar-refractivity contribution in [2.45, 2.75) is 23.9 Å². The highest BCUT2D eigenvalue weighted by Gasteiger charge is 2.22. The highest BCUT2D eigenvalue weighted by Crippen LogP contribution is 2.28. The summed E-state index contributed by atoms with van der Waals surface area (Å²) in [5.74, 6) is 0.986. The molecule has 33 heavy (non-hydrogen) atoms. The van der Waals surface area contributed by atoms with Gasteiger partial charge in [-0.1, -0.05) is 60.3 Å². The number of amides is 1. The molecule has 1 aromatic heterocycles. The third kappa shape index (κ3) is 5.27. The molecule has 0 aliphatic heterocycles. The predicted molar refractivity (Wildman–Crippen MR) is 126 cm³/mol. The lowest BCUT2D eigenvalue weighted by Crippen LogP contribution is -2.28. The van der Waals surface area contributed by atoms with Crippen molar-refractivity contribution in [2.75, 3.05) is 0 Å². The van der Waals surface area contributed by atoms with Crippen molar-refractivity contribution in [3.05, 3.63) is 112 Å². The average Bonchev–Trinajstić information content (AvgIpc) is 3.28. The minimum Gasteiger partial charge on any atom is -0.342 e. The smallest absolute Gasteiger partial charge is 0.269 e. The summed E-state index contributed by atoms with van der Waals surface area (Å²) in [6.45, 7) is 1.83. The van der Waals surface area contributed by atoms with E-state index in [1.165, 1.54) is 23.9 Å². The van der Waals surface area contributed by atoms with E-state index in [-0.39, 0.29) is 11.6 Å². The zero-order chi connectivity index (χ0) is 23.2. The van der Waals surface area contributed by atoms with Crippen molar-refractivity contribution < 1.29 is 9.72 Å². The lowest BCUT2D eigenvalue weighted by molar-refractivity contribution is -0.384. The van der Waals surface area contributed by atoms with Crippen molar-refractivity contribution in [2.24, 2.45) is 0 Å². The van der Waals surface area contributed by atoms with Gasteiger partial charge in [-0.2, -0.15) is 0 Å². The Balaban J connectivity index is 1.64. The first-order chi connectivity index (χ1) is 16.0. The monoisotopic (exact) mass is 459 g/mol. The minimum absolute atomic E-state index is 0.00251. The Morgan fingerprint density at radius 2 is 1.64 bits per heavy atom. The molecule has 0 bridgehead atoms. The number of aromatic nitrogens is 3. The maximum absolute atomic E-state index is 12.7. The maximum atomic E-state index is 12.7. The summed E-state index contributed by atoms with van der Waals surface area (Å²) in [5, 5.41) is 23.4. The highest BCUT2D eigenvalue weighted by molar-refractivity contribution is 7.98. The second-order valence-corrected chi connectivity index (χ2v) is 8.23. The Kier molecular flexibility index (Phi) is 6.80. The molecule has 3 aromatic carbocycles. The standard InChI is InChI=1S/C24H21N5O3S/c1-17(25-23(30)19-10-6-3-7-11-19)22-26-27-24(33-16-18-8-4-2-5-9-18)28(22)20-12-14-21(15-13-20)29(31)32/h2-15,17H,16H2,1H3,(H,25,30). The number of nitrogens with zero attached hydrogens (tertiary/aromatic N) is 4. The number of hydrogen-bond acceptors (Lipinski definition) is 6. The number of hydrogen-bond donors (Lipinski definition) is 1. The van der Waals surface area contributed by atoms with Gasteiger partial charge in [-0.25, -0.2) is 0 Å². The summed E-state index contributed by atoms with van der Waals surface area (Å²) < 4.78 is 1.83. The largest absolute Gasteiger partial charge is 0.342 e. The Morgan fingerprint density at radius 1 is 1.00 bits per heavy atom. The van der Waals surface area contributed by atoms with Gasteiger partial charge in [0, 0.05) is 29.1 Å².